The van der Waals surface area contributed by atoms with Crippen LogP contribution in [0.25, 0.3) is 76.5 Å². The van der Waals surface area contributed by atoms with E-state index in [0.717, 1.165) is 66.7 Å². The van der Waals surface area contributed by atoms with Gasteiger partial charge in [-0.1, -0.05) is 97.1 Å². The van der Waals surface area contributed by atoms with Gasteiger partial charge in [-0.2, -0.15) is 0 Å². The van der Waals surface area contributed by atoms with E-state index in [2.05, 4.69) is 144 Å². The monoisotopic (exact) mass is 601 g/mol. The number of fused-ring (bicyclic) bond motifs is 10. The van der Waals surface area contributed by atoms with Crippen LogP contribution in [0.4, 0.5) is 17.1 Å². The molecule has 8 aromatic carbocycles. The normalized spacial score (nSPS) is 11.8. The van der Waals surface area contributed by atoms with Crippen molar-refractivity contribution in [3.8, 4) is 11.1 Å². The van der Waals surface area contributed by atoms with E-state index in [-0.39, 0.29) is 0 Å². The van der Waals surface area contributed by atoms with Crippen molar-refractivity contribution in [2.24, 2.45) is 0 Å². The summed E-state index contributed by atoms with van der Waals surface area (Å²) in [5, 5.41) is 9.43. The van der Waals surface area contributed by atoms with Crippen molar-refractivity contribution in [2.75, 3.05) is 4.90 Å². The minimum atomic E-state index is 0.875. The van der Waals surface area contributed by atoms with Gasteiger partial charge in [0.05, 0.1) is 0 Å². The Morgan fingerprint density at radius 1 is 0.319 bits per heavy atom. The number of hydrogen-bond donors (Lipinski definition) is 0. The third kappa shape index (κ3) is 4.07. The van der Waals surface area contributed by atoms with Gasteiger partial charge in [0.25, 0.3) is 0 Å². The molecule has 0 unspecified atom stereocenters. The first kappa shape index (κ1) is 26.0. The minimum absolute atomic E-state index is 0.875. The molecule has 10 rings (SSSR count). The highest BCUT2D eigenvalue weighted by Gasteiger charge is 2.17. The molecule has 3 nitrogen and oxygen atoms in total. The molecule has 0 bridgehead atoms. The average Bonchev–Trinajstić information content (AvgIpc) is 3.70. The number of benzene rings is 8. The Morgan fingerprint density at radius 3 is 1.85 bits per heavy atom. The quantitative estimate of drug-likeness (QED) is 0.188. The minimum Gasteiger partial charge on any atom is -0.456 e. The first-order valence-corrected chi connectivity index (χ1v) is 15.9. The Bertz CT molecular complexity index is 2810. The number of anilines is 3. The smallest absolute Gasteiger partial charge is 0.137 e. The molecule has 0 aliphatic carbocycles. The summed E-state index contributed by atoms with van der Waals surface area (Å²) in [6.45, 7) is 0. The average molecular weight is 602 g/mol. The highest BCUT2D eigenvalue weighted by molar-refractivity contribution is 6.27. The Balaban J connectivity index is 1.15. The summed E-state index contributed by atoms with van der Waals surface area (Å²) in [6.07, 6.45) is 0. The van der Waals surface area contributed by atoms with Crippen molar-refractivity contribution in [1.82, 2.24) is 0 Å². The van der Waals surface area contributed by atoms with E-state index in [1.54, 1.807) is 0 Å². The SMILES string of the molecule is c1ccc(N(c2cccc(-c3ccc4ccc5ccc6oc7ccccc7c6c5c4c3)c2)c2ccc3c(c2)oc2ccccc23)cc1. The molecule has 0 aliphatic heterocycles. The highest BCUT2D eigenvalue weighted by Crippen LogP contribution is 2.42. The summed E-state index contributed by atoms with van der Waals surface area (Å²) in [5.74, 6) is 0. The number of hydrogen-bond acceptors (Lipinski definition) is 3. The summed E-state index contributed by atoms with van der Waals surface area (Å²) < 4.78 is 12.6. The zero-order valence-corrected chi connectivity index (χ0v) is 25.4. The van der Waals surface area contributed by atoms with E-state index in [4.69, 9.17) is 8.83 Å². The fourth-order valence-corrected chi connectivity index (χ4v) is 7.24. The van der Waals surface area contributed by atoms with Gasteiger partial charge in [0, 0.05) is 50.1 Å². The number of nitrogens with zero attached hydrogens (tertiary/aromatic N) is 1. The predicted octanol–water partition coefficient (Wildman–Crippen LogP) is 12.9. The van der Waals surface area contributed by atoms with Crippen molar-refractivity contribution in [2.45, 2.75) is 0 Å². The van der Waals surface area contributed by atoms with Crippen molar-refractivity contribution in [3.05, 3.63) is 164 Å². The summed E-state index contributed by atoms with van der Waals surface area (Å²) >= 11 is 0. The standard InChI is InChI=1S/C44H27NO2/c1-2-10-32(11-3-1)45(34-22-23-36-35-13-4-6-15-39(35)47-42(36)27-34)33-12-8-9-30(25-33)31-20-18-28-17-19-29-21-24-41-44(43(29)38(28)26-31)37-14-5-7-16-40(37)46-41/h1-27H. The van der Waals surface area contributed by atoms with Crippen LogP contribution >= 0.6 is 0 Å². The zero-order valence-electron chi connectivity index (χ0n) is 25.4. The summed E-state index contributed by atoms with van der Waals surface area (Å²) in [7, 11) is 0. The van der Waals surface area contributed by atoms with Crippen LogP contribution in [0.5, 0.6) is 0 Å². The molecule has 0 saturated carbocycles. The summed E-state index contributed by atoms with van der Waals surface area (Å²) in [5.41, 5.74) is 9.12. The predicted molar refractivity (Wildman–Crippen MR) is 196 cm³/mol. The molecule has 0 radical (unpaired) electrons. The molecular formula is C44H27NO2. The van der Waals surface area contributed by atoms with Crippen LogP contribution in [-0.2, 0) is 0 Å². The second kappa shape index (κ2) is 10.1. The Kier molecular flexibility index (Phi) is 5.57. The Morgan fingerprint density at radius 2 is 0.957 bits per heavy atom. The van der Waals surface area contributed by atoms with Crippen LogP contribution in [-0.4, -0.2) is 0 Å². The number of furan rings is 2. The fourth-order valence-electron chi connectivity index (χ4n) is 7.24. The lowest BCUT2D eigenvalue weighted by Gasteiger charge is -2.26. The molecule has 2 aromatic heterocycles. The molecule has 0 aliphatic rings. The van der Waals surface area contributed by atoms with Gasteiger partial charge in [0.1, 0.15) is 22.3 Å². The molecule has 0 N–H and O–H groups in total. The van der Waals surface area contributed by atoms with Crippen LogP contribution < -0.4 is 4.90 Å². The summed E-state index contributed by atoms with van der Waals surface area (Å²) in [6, 6.07) is 57.9. The molecule has 0 amide bonds. The van der Waals surface area contributed by atoms with E-state index in [0.29, 0.717) is 0 Å². The lowest BCUT2D eigenvalue weighted by molar-refractivity contribution is 0.668. The molecule has 3 heteroatoms. The van der Waals surface area contributed by atoms with E-state index < -0.39 is 0 Å². The molecule has 10 aromatic rings. The molecule has 0 fully saturated rings. The number of para-hydroxylation sites is 3. The van der Waals surface area contributed by atoms with E-state index >= 15 is 0 Å². The van der Waals surface area contributed by atoms with E-state index in [9.17, 15) is 0 Å². The molecule has 220 valence electrons. The van der Waals surface area contributed by atoms with Gasteiger partial charge in [-0.05, 0) is 87.9 Å². The van der Waals surface area contributed by atoms with Gasteiger partial charge in [-0.15, -0.1) is 0 Å². The van der Waals surface area contributed by atoms with Crippen molar-refractivity contribution < 1.29 is 8.83 Å². The summed E-state index contributed by atoms with van der Waals surface area (Å²) in [4.78, 5) is 2.30. The van der Waals surface area contributed by atoms with Crippen LogP contribution in [0.1, 0.15) is 0 Å². The molecule has 0 saturated heterocycles. The van der Waals surface area contributed by atoms with Crippen LogP contribution in [0, 0.1) is 0 Å². The van der Waals surface area contributed by atoms with E-state index in [1.165, 1.54) is 26.9 Å². The molecule has 0 atom stereocenters. The first-order valence-electron chi connectivity index (χ1n) is 15.9. The fraction of sp³-hybridized carbons (Fsp3) is 0. The maximum atomic E-state index is 6.30. The third-order valence-electron chi connectivity index (χ3n) is 9.41. The largest absolute Gasteiger partial charge is 0.456 e. The Labute approximate surface area is 270 Å². The van der Waals surface area contributed by atoms with Gasteiger partial charge in [-0.25, -0.2) is 0 Å². The maximum absolute atomic E-state index is 6.30. The number of rotatable bonds is 4. The highest BCUT2D eigenvalue weighted by atomic mass is 16.3. The van der Waals surface area contributed by atoms with Crippen molar-refractivity contribution in [3.63, 3.8) is 0 Å². The molecule has 2 heterocycles. The van der Waals surface area contributed by atoms with Gasteiger partial charge < -0.3 is 13.7 Å². The second-order valence-electron chi connectivity index (χ2n) is 12.1. The molecule has 47 heavy (non-hydrogen) atoms. The van der Waals surface area contributed by atoms with Crippen molar-refractivity contribution in [1.29, 1.82) is 0 Å². The topological polar surface area (TPSA) is 29.5 Å². The van der Waals surface area contributed by atoms with Crippen LogP contribution in [0.3, 0.4) is 0 Å². The van der Waals surface area contributed by atoms with Gasteiger partial charge in [0.2, 0.25) is 0 Å². The Hall–Kier alpha value is -6.32. The second-order valence-corrected chi connectivity index (χ2v) is 12.1. The van der Waals surface area contributed by atoms with Gasteiger partial charge in [0.15, 0.2) is 0 Å². The van der Waals surface area contributed by atoms with E-state index in [1.807, 2.05) is 24.3 Å². The van der Waals surface area contributed by atoms with Crippen LogP contribution in [0.15, 0.2) is 173 Å². The third-order valence-corrected chi connectivity index (χ3v) is 9.41. The van der Waals surface area contributed by atoms with Gasteiger partial charge in [-0.3, -0.25) is 0 Å². The first-order chi connectivity index (χ1) is 23.3. The van der Waals surface area contributed by atoms with Crippen molar-refractivity contribution >= 4 is 82.5 Å². The van der Waals surface area contributed by atoms with Gasteiger partial charge >= 0.3 is 0 Å². The molecular weight excluding hydrogens is 574 g/mol. The molecule has 0 spiro atoms. The zero-order chi connectivity index (χ0) is 30.9. The van der Waals surface area contributed by atoms with Crippen LogP contribution in [0.2, 0.25) is 0 Å². The lowest BCUT2D eigenvalue weighted by atomic mass is 9.94. The lowest BCUT2D eigenvalue weighted by Crippen LogP contribution is -2.09. The maximum Gasteiger partial charge on any atom is 0.137 e.